The van der Waals surface area contributed by atoms with Gasteiger partial charge < -0.3 is 14.3 Å². The normalized spacial score (nSPS) is 30.5. The fraction of sp³-hybridized carbons (Fsp3) is 0.550. The Morgan fingerprint density at radius 1 is 1.18 bits per heavy atom. The Morgan fingerprint density at radius 2 is 2.04 bits per heavy atom. The van der Waals surface area contributed by atoms with Gasteiger partial charge in [-0.3, -0.25) is 10.2 Å². The molecule has 5 rings (SSSR count). The van der Waals surface area contributed by atoms with Crippen LogP contribution in [0, 0.1) is 5.92 Å². The number of carbonyl (C=O) groups excluding carboxylic acids is 1. The number of piperidine rings is 1. The third-order valence-electron chi connectivity index (χ3n) is 6.27. The number of nitrogens with one attached hydrogen (secondary N) is 2. The van der Waals surface area contributed by atoms with Crippen molar-refractivity contribution in [2.45, 2.75) is 37.4 Å². The van der Waals surface area contributed by atoms with Crippen molar-refractivity contribution in [2.24, 2.45) is 5.92 Å². The summed E-state index contributed by atoms with van der Waals surface area (Å²) in [6.45, 7) is 2.73. The molecular weight excluding hydrogens is 356 g/mol. The van der Waals surface area contributed by atoms with Crippen molar-refractivity contribution in [1.29, 1.82) is 0 Å². The number of fused-ring (bicyclic) bond motifs is 1. The average molecular weight is 382 g/mol. The van der Waals surface area contributed by atoms with Gasteiger partial charge in [-0.1, -0.05) is 35.5 Å². The lowest BCUT2D eigenvalue weighted by Crippen LogP contribution is -2.50. The van der Waals surface area contributed by atoms with E-state index in [4.69, 9.17) is 4.52 Å². The molecule has 1 aromatic carbocycles. The number of hydrogen-bond donors (Lipinski definition) is 2. The van der Waals surface area contributed by atoms with Crippen molar-refractivity contribution >= 4 is 5.91 Å². The van der Waals surface area contributed by atoms with E-state index < -0.39 is 0 Å². The largest absolute Gasteiger partial charge is 0.337 e. The van der Waals surface area contributed by atoms with E-state index in [2.05, 4.69) is 32.9 Å². The SMILES string of the molecule is CN1CCC2NNC(C(=O)N3CCCC3c3nc(-c4ccccc4)no3)C2C1. The fourth-order valence-electron chi connectivity index (χ4n) is 4.76. The summed E-state index contributed by atoms with van der Waals surface area (Å²) in [4.78, 5) is 22.2. The molecule has 8 heteroatoms. The van der Waals surface area contributed by atoms with Gasteiger partial charge in [-0.05, 0) is 32.9 Å². The smallest absolute Gasteiger partial charge is 0.249 e. The van der Waals surface area contributed by atoms with E-state index >= 15 is 0 Å². The summed E-state index contributed by atoms with van der Waals surface area (Å²) in [6.07, 6.45) is 2.87. The van der Waals surface area contributed by atoms with Crippen LogP contribution >= 0.6 is 0 Å². The van der Waals surface area contributed by atoms with Gasteiger partial charge in [0.25, 0.3) is 0 Å². The molecule has 28 heavy (non-hydrogen) atoms. The molecule has 3 aliphatic heterocycles. The summed E-state index contributed by atoms with van der Waals surface area (Å²) in [7, 11) is 2.12. The monoisotopic (exact) mass is 382 g/mol. The van der Waals surface area contributed by atoms with Crippen LogP contribution in [-0.4, -0.2) is 64.6 Å². The first kappa shape index (κ1) is 17.8. The Balaban J connectivity index is 1.34. The zero-order valence-electron chi connectivity index (χ0n) is 16.0. The summed E-state index contributed by atoms with van der Waals surface area (Å²) >= 11 is 0. The lowest BCUT2D eigenvalue weighted by molar-refractivity contribution is -0.135. The number of nitrogens with zero attached hydrogens (tertiary/aromatic N) is 4. The van der Waals surface area contributed by atoms with Crippen LogP contribution < -0.4 is 10.9 Å². The third-order valence-corrected chi connectivity index (χ3v) is 6.27. The molecule has 8 nitrogen and oxygen atoms in total. The van der Waals surface area contributed by atoms with Gasteiger partial charge >= 0.3 is 0 Å². The molecule has 0 saturated carbocycles. The fourth-order valence-corrected chi connectivity index (χ4v) is 4.76. The predicted molar refractivity (Wildman–Crippen MR) is 103 cm³/mol. The quantitative estimate of drug-likeness (QED) is 0.825. The van der Waals surface area contributed by atoms with E-state index in [0.29, 0.717) is 17.8 Å². The van der Waals surface area contributed by atoms with Gasteiger partial charge in [0.05, 0.1) is 0 Å². The van der Waals surface area contributed by atoms with Gasteiger partial charge in [0.2, 0.25) is 17.6 Å². The maximum absolute atomic E-state index is 13.4. The third kappa shape index (κ3) is 3.11. The Hall–Kier alpha value is -2.29. The number of rotatable bonds is 3. The molecule has 4 atom stereocenters. The van der Waals surface area contributed by atoms with E-state index in [1.165, 1.54) is 0 Å². The van der Waals surface area contributed by atoms with Crippen LogP contribution in [0.1, 0.15) is 31.2 Å². The maximum Gasteiger partial charge on any atom is 0.249 e. The van der Waals surface area contributed by atoms with Gasteiger partial charge in [0.1, 0.15) is 12.1 Å². The van der Waals surface area contributed by atoms with Crippen molar-refractivity contribution in [3.63, 3.8) is 0 Å². The number of benzene rings is 1. The minimum Gasteiger partial charge on any atom is -0.337 e. The van der Waals surface area contributed by atoms with Crippen molar-refractivity contribution in [2.75, 3.05) is 26.7 Å². The number of likely N-dealkylation sites (tertiary alicyclic amines) is 2. The highest BCUT2D eigenvalue weighted by atomic mass is 16.5. The van der Waals surface area contributed by atoms with E-state index in [-0.39, 0.29) is 23.9 Å². The second-order valence-electron chi connectivity index (χ2n) is 8.10. The number of carbonyl (C=O) groups is 1. The highest BCUT2D eigenvalue weighted by molar-refractivity contribution is 5.83. The molecule has 3 aliphatic rings. The predicted octanol–water partition coefficient (Wildman–Crippen LogP) is 1.20. The Labute approximate surface area is 164 Å². The molecule has 1 aromatic heterocycles. The zero-order valence-corrected chi connectivity index (χ0v) is 16.0. The highest BCUT2D eigenvalue weighted by Gasteiger charge is 2.46. The summed E-state index contributed by atoms with van der Waals surface area (Å²) in [5, 5.41) is 4.14. The summed E-state index contributed by atoms with van der Waals surface area (Å²) in [5.41, 5.74) is 7.52. The van der Waals surface area contributed by atoms with E-state index in [9.17, 15) is 4.79 Å². The van der Waals surface area contributed by atoms with Crippen LogP contribution in [-0.2, 0) is 4.79 Å². The minimum absolute atomic E-state index is 0.136. The Bertz CT molecular complexity index is 840. The maximum atomic E-state index is 13.4. The molecule has 1 amide bonds. The molecule has 0 radical (unpaired) electrons. The van der Waals surface area contributed by atoms with Crippen LogP contribution in [0.4, 0.5) is 0 Å². The minimum atomic E-state index is -0.204. The van der Waals surface area contributed by atoms with Gasteiger partial charge in [-0.2, -0.15) is 4.98 Å². The van der Waals surface area contributed by atoms with Gasteiger partial charge in [0, 0.05) is 30.6 Å². The lowest BCUT2D eigenvalue weighted by Gasteiger charge is -2.34. The second kappa shape index (κ2) is 7.27. The highest BCUT2D eigenvalue weighted by Crippen LogP contribution is 2.34. The number of hydrogen-bond acceptors (Lipinski definition) is 7. The molecule has 2 aromatic rings. The Morgan fingerprint density at radius 3 is 2.89 bits per heavy atom. The summed E-state index contributed by atoms with van der Waals surface area (Å²) < 4.78 is 5.57. The van der Waals surface area contributed by atoms with Crippen LogP contribution in [0.5, 0.6) is 0 Å². The molecule has 3 fully saturated rings. The zero-order chi connectivity index (χ0) is 19.1. The molecule has 4 heterocycles. The summed E-state index contributed by atoms with van der Waals surface area (Å²) in [6, 6.07) is 9.80. The van der Waals surface area contributed by atoms with Crippen LogP contribution in [0.3, 0.4) is 0 Å². The van der Waals surface area contributed by atoms with Gasteiger partial charge in [0.15, 0.2) is 0 Å². The first-order valence-electron chi connectivity index (χ1n) is 10.1. The summed E-state index contributed by atoms with van der Waals surface area (Å²) in [5.74, 6) is 1.53. The standard InChI is InChI=1S/C20H26N6O2/c1-25-11-9-15-14(12-25)17(23-22-15)20(27)26-10-5-8-16(26)19-21-18(24-28-19)13-6-3-2-4-7-13/h2-4,6-7,14-17,22-23H,5,8-12H2,1H3. The molecule has 0 spiro atoms. The number of hydrazine groups is 1. The number of aromatic nitrogens is 2. The molecule has 0 aliphatic carbocycles. The number of amides is 1. The van der Waals surface area contributed by atoms with Crippen molar-refractivity contribution in [3.8, 4) is 11.4 Å². The topological polar surface area (TPSA) is 86.5 Å². The van der Waals surface area contributed by atoms with Crippen molar-refractivity contribution in [1.82, 2.24) is 30.8 Å². The van der Waals surface area contributed by atoms with E-state index in [1.807, 2.05) is 35.2 Å². The first-order chi connectivity index (χ1) is 13.7. The van der Waals surface area contributed by atoms with Crippen LogP contribution in [0.25, 0.3) is 11.4 Å². The van der Waals surface area contributed by atoms with E-state index in [1.54, 1.807) is 0 Å². The van der Waals surface area contributed by atoms with Crippen molar-refractivity contribution < 1.29 is 9.32 Å². The first-order valence-corrected chi connectivity index (χ1v) is 10.1. The molecule has 148 valence electrons. The molecular formula is C20H26N6O2. The lowest BCUT2D eigenvalue weighted by atomic mass is 9.88. The molecule has 4 unspecified atom stereocenters. The van der Waals surface area contributed by atoms with Crippen molar-refractivity contribution in [3.05, 3.63) is 36.2 Å². The van der Waals surface area contributed by atoms with Gasteiger partial charge in [-0.15, -0.1) is 0 Å². The van der Waals surface area contributed by atoms with E-state index in [0.717, 1.165) is 44.5 Å². The van der Waals surface area contributed by atoms with Gasteiger partial charge in [-0.25, -0.2) is 5.43 Å². The molecule has 3 saturated heterocycles. The average Bonchev–Trinajstić information content (AvgIpc) is 3.46. The second-order valence-corrected chi connectivity index (χ2v) is 8.10. The molecule has 0 bridgehead atoms. The van der Waals surface area contributed by atoms with Crippen LogP contribution in [0.2, 0.25) is 0 Å². The molecule has 2 N–H and O–H groups in total. The van der Waals surface area contributed by atoms with Crippen LogP contribution in [0.15, 0.2) is 34.9 Å². The Kier molecular flexibility index (Phi) is 4.62.